The van der Waals surface area contributed by atoms with E-state index < -0.39 is 30.2 Å². The molecule has 1 atom stereocenters. The molecule has 0 saturated carbocycles. The van der Waals surface area contributed by atoms with Gasteiger partial charge in [0.1, 0.15) is 18.9 Å². The van der Waals surface area contributed by atoms with Crippen molar-refractivity contribution in [2.24, 2.45) is 0 Å². The van der Waals surface area contributed by atoms with E-state index in [0.717, 1.165) is 10.9 Å². The van der Waals surface area contributed by atoms with E-state index in [0.29, 0.717) is 4.90 Å². The number of halogens is 3. The van der Waals surface area contributed by atoms with Gasteiger partial charge < -0.3 is 4.90 Å². The monoisotopic (exact) mass is 312 g/mol. The van der Waals surface area contributed by atoms with Gasteiger partial charge in [0.15, 0.2) is 5.65 Å². The molecule has 1 aliphatic rings. The minimum atomic E-state index is -4.46. The highest BCUT2D eigenvalue weighted by Crippen LogP contribution is 2.26. The SMILES string of the molecule is O=C1[C@@H](n2cnc3ncccc3c2=O)CCN1CC(F)(F)F. The number of carbonyl (C=O) groups excluding carboxylic acids is 1. The van der Waals surface area contributed by atoms with Gasteiger partial charge >= 0.3 is 6.18 Å². The molecule has 0 bridgehead atoms. The van der Waals surface area contributed by atoms with Crippen LogP contribution in [0.3, 0.4) is 0 Å². The Morgan fingerprint density at radius 3 is 2.77 bits per heavy atom. The highest BCUT2D eigenvalue weighted by Gasteiger charge is 2.40. The summed E-state index contributed by atoms with van der Waals surface area (Å²) in [5, 5.41) is 0.229. The van der Waals surface area contributed by atoms with Crippen molar-refractivity contribution in [3.05, 3.63) is 35.0 Å². The van der Waals surface area contributed by atoms with Crippen molar-refractivity contribution in [1.29, 1.82) is 0 Å². The van der Waals surface area contributed by atoms with Crippen molar-refractivity contribution in [3.8, 4) is 0 Å². The van der Waals surface area contributed by atoms with Gasteiger partial charge in [-0.15, -0.1) is 0 Å². The second-order valence-corrected chi connectivity index (χ2v) is 5.01. The van der Waals surface area contributed by atoms with Crippen LogP contribution in [-0.2, 0) is 4.79 Å². The minimum absolute atomic E-state index is 0.0411. The number of hydrogen-bond donors (Lipinski definition) is 0. The maximum Gasteiger partial charge on any atom is 0.406 e. The summed E-state index contributed by atoms with van der Waals surface area (Å²) in [5.74, 6) is -0.718. The molecule has 22 heavy (non-hydrogen) atoms. The third-order valence-corrected chi connectivity index (χ3v) is 3.53. The van der Waals surface area contributed by atoms with Gasteiger partial charge in [-0.3, -0.25) is 14.2 Å². The Bertz CT molecular complexity index is 787. The van der Waals surface area contributed by atoms with Gasteiger partial charge in [0.05, 0.1) is 5.39 Å². The number of nitrogens with zero attached hydrogens (tertiary/aromatic N) is 4. The molecule has 9 heteroatoms. The fourth-order valence-electron chi connectivity index (χ4n) is 2.55. The second kappa shape index (κ2) is 5.08. The third-order valence-electron chi connectivity index (χ3n) is 3.53. The molecule has 0 aliphatic carbocycles. The molecule has 2 aromatic heterocycles. The Labute approximate surface area is 122 Å². The van der Waals surface area contributed by atoms with Gasteiger partial charge in [0.2, 0.25) is 5.91 Å². The highest BCUT2D eigenvalue weighted by molar-refractivity contribution is 5.83. The molecular formula is C13H11F3N4O2. The molecule has 0 spiro atoms. The van der Waals surface area contributed by atoms with Crippen LogP contribution in [0.4, 0.5) is 13.2 Å². The van der Waals surface area contributed by atoms with Crippen LogP contribution < -0.4 is 5.56 Å². The first-order valence-corrected chi connectivity index (χ1v) is 6.54. The molecular weight excluding hydrogens is 301 g/mol. The minimum Gasteiger partial charge on any atom is -0.332 e. The van der Waals surface area contributed by atoms with E-state index in [2.05, 4.69) is 9.97 Å². The van der Waals surface area contributed by atoms with E-state index in [-0.39, 0.29) is 24.0 Å². The van der Waals surface area contributed by atoms with Crippen molar-refractivity contribution in [1.82, 2.24) is 19.4 Å². The zero-order valence-corrected chi connectivity index (χ0v) is 11.2. The lowest BCUT2D eigenvalue weighted by Crippen LogP contribution is -2.38. The van der Waals surface area contributed by atoms with Gasteiger partial charge in [0, 0.05) is 12.7 Å². The Morgan fingerprint density at radius 1 is 1.27 bits per heavy atom. The van der Waals surface area contributed by atoms with E-state index >= 15 is 0 Å². The summed E-state index contributed by atoms with van der Waals surface area (Å²) in [6, 6.07) is 2.12. The molecule has 3 rings (SSSR count). The van der Waals surface area contributed by atoms with Gasteiger partial charge in [-0.2, -0.15) is 13.2 Å². The maximum atomic E-state index is 12.4. The fourth-order valence-corrected chi connectivity index (χ4v) is 2.55. The van der Waals surface area contributed by atoms with Crippen LogP contribution in [0, 0.1) is 0 Å². The van der Waals surface area contributed by atoms with E-state index in [4.69, 9.17) is 0 Å². The zero-order valence-electron chi connectivity index (χ0n) is 11.2. The van der Waals surface area contributed by atoms with Crippen molar-refractivity contribution >= 4 is 16.9 Å². The molecule has 1 fully saturated rings. The third kappa shape index (κ3) is 2.53. The molecule has 116 valence electrons. The van der Waals surface area contributed by atoms with E-state index in [1.807, 2.05) is 0 Å². The summed E-state index contributed by atoms with van der Waals surface area (Å²) >= 11 is 0. The molecule has 1 aliphatic heterocycles. The van der Waals surface area contributed by atoms with E-state index in [1.165, 1.54) is 12.3 Å². The molecule has 0 unspecified atom stereocenters. The highest BCUT2D eigenvalue weighted by atomic mass is 19.4. The predicted molar refractivity (Wildman–Crippen MR) is 70.1 cm³/mol. The summed E-state index contributed by atoms with van der Waals surface area (Å²) in [7, 11) is 0. The standard InChI is InChI=1S/C13H11F3N4O2/c14-13(15,16)6-19-5-3-9(12(19)22)20-7-18-10-8(11(20)21)2-1-4-17-10/h1-2,4,7,9H,3,5-6H2/t9-/m0/s1. The lowest BCUT2D eigenvalue weighted by molar-refractivity contribution is -0.158. The lowest BCUT2D eigenvalue weighted by atomic mass is 10.2. The number of hydrogen-bond acceptors (Lipinski definition) is 4. The number of alkyl halides is 3. The number of amides is 1. The lowest BCUT2D eigenvalue weighted by Gasteiger charge is -2.19. The Morgan fingerprint density at radius 2 is 2.05 bits per heavy atom. The van der Waals surface area contributed by atoms with Crippen molar-refractivity contribution in [3.63, 3.8) is 0 Å². The summed E-state index contributed by atoms with van der Waals surface area (Å²) in [6.45, 7) is -1.35. The van der Waals surface area contributed by atoms with Crippen LogP contribution in [0.25, 0.3) is 11.0 Å². The number of carbonyl (C=O) groups is 1. The van der Waals surface area contributed by atoms with Crippen LogP contribution in [0.5, 0.6) is 0 Å². The van der Waals surface area contributed by atoms with Crippen LogP contribution in [0.2, 0.25) is 0 Å². The van der Waals surface area contributed by atoms with E-state index in [9.17, 15) is 22.8 Å². The number of fused-ring (bicyclic) bond motifs is 1. The molecule has 2 aromatic rings. The van der Waals surface area contributed by atoms with Crippen LogP contribution in [0.15, 0.2) is 29.5 Å². The van der Waals surface area contributed by atoms with Crippen molar-refractivity contribution in [2.75, 3.05) is 13.1 Å². The quantitative estimate of drug-likeness (QED) is 0.833. The first-order valence-electron chi connectivity index (χ1n) is 6.54. The van der Waals surface area contributed by atoms with Crippen molar-refractivity contribution in [2.45, 2.75) is 18.6 Å². The predicted octanol–water partition coefficient (Wildman–Crippen LogP) is 1.13. The van der Waals surface area contributed by atoms with Gasteiger partial charge in [0.25, 0.3) is 5.56 Å². The maximum absolute atomic E-state index is 12.4. The largest absolute Gasteiger partial charge is 0.406 e. The summed E-state index contributed by atoms with van der Waals surface area (Å²) < 4.78 is 38.3. The summed E-state index contributed by atoms with van der Waals surface area (Å²) in [5.41, 5.74) is -0.244. The van der Waals surface area contributed by atoms with E-state index in [1.54, 1.807) is 6.07 Å². The van der Waals surface area contributed by atoms with Gasteiger partial charge in [-0.05, 0) is 18.6 Å². The molecule has 0 N–H and O–H groups in total. The average molecular weight is 312 g/mol. The summed E-state index contributed by atoms with van der Waals surface area (Å²) in [6.07, 6.45) is -1.68. The molecule has 0 radical (unpaired) electrons. The first-order chi connectivity index (χ1) is 10.4. The molecule has 3 heterocycles. The molecule has 6 nitrogen and oxygen atoms in total. The average Bonchev–Trinajstić information content (AvgIpc) is 2.79. The smallest absolute Gasteiger partial charge is 0.332 e. The zero-order chi connectivity index (χ0) is 15.9. The Hall–Kier alpha value is -2.45. The second-order valence-electron chi connectivity index (χ2n) is 5.01. The van der Waals surface area contributed by atoms with Crippen LogP contribution >= 0.6 is 0 Å². The molecule has 1 amide bonds. The fraction of sp³-hybridized carbons (Fsp3) is 0.385. The van der Waals surface area contributed by atoms with Crippen LogP contribution in [0.1, 0.15) is 12.5 Å². The Balaban J connectivity index is 1.94. The Kier molecular flexibility index (Phi) is 3.34. The summed E-state index contributed by atoms with van der Waals surface area (Å²) in [4.78, 5) is 33.1. The number of aromatic nitrogens is 3. The van der Waals surface area contributed by atoms with Crippen molar-refractivity contribution < 1.29 is 18.0 Å². The van der Waals surface area contributed by atoms with Crippen LogP contribution in [-0.4, -0.2) is 44.6 Å². The first kappa shape index (κ1) is 14.5. The normalized spacial score (nSPS) is 19.1. The van der Waals surface area contributed by atoms with Gasteiger partial charge in [-0.1, -0.05) is 0 Å². The molecule has 1 saturated heterocycles. The number of likely N-dealkylation sites (tertiary alicyclic amines) is 1. The molecule has 0 aromatic carbocycles. The number of pyridine rings is 1. The van der Waals surface area contributed by atoms with Gasteiger partial charge in [-0.25, -0.2) is 9.97 Å². The number of rotatable bonds is 2. The topological polar surface area (TPSA) is 68.1 Å².